The average Bonchev–Trinajstić information content (AvgIpc) is 2.38. The number of aliphatic hydroxyl groups is 5. The van der Waals surface area contributed by atoms with Crippen LogP contribution in [-0.4, -0.2) is 100 Å². The van der Waals surface area contributed by atoms with E-state index in [9.17, 15) is 35.1 Å². The van der Waals surface area contributed by atoms with Gasteiger partial charge < -0.3 is 45.1 Å². The van der Waals surface area contributed by atoms with Gasteiger partial charge in [-0.15, -0.1) is 0 Å². The van der Waals surface area contributed by atoms with Crippen molar-refractivity contribution >= 4 is 11.9 Å². The number of amides is 1. The van der Waals surface area contributed by atoms with E-state index >= 15 is 0 Å². The maximum absolute atomic E-state index is 13.0. The second kappa shape index (κ2) is 66.6. The zero-order chi connectivity index (χ0) is 64.4. The molecule has 0 saturated carbocycles. The first kappa shape index (κ1) is 84.1. The maximum atomic E-state index is 13.0. The van der Waals surface area contributed by atoms with Crippen LogP contribution in [0, 0.1) is 0 Å². The Labute approximate surface area is 547 Å². The monoisotopic (exact) mass is 1250 g/mol. The first-order valence-corrected chi connectivity index (χ1v) is 37.7. The number of ether oxygens (including phenoxy) is 3. The molecule has 0 radical (unpaired) electrons. The number of carbonyl (C=O) groups excluding carboxylic acids is 2. The summed E-state index contributed by atoms with van der Waals surface area (Å²) < 4.78 is 16.7. The summed E-state index contributed by atoms with van der Waals surface area (Å²) in [5, 5.41) is 54.3. The zero-order valence-corrected chi connectivity index (χ0v) is 57.6. The number of nitrogens with one attached hydrogen (secondary N) is 1. The predicted molar refractivity (Wildman–Crippen MR) is 375 cm³/mol. The molecule has 89 heavy (non-hydrogen) atoms. The molecule has 1 fully saturated rings. The second-order valence-electron chi connectivity index (χ2n) is 26.0. The fourth-order valence-electron chi connectivity index (χ4n) is 11.6. The third kappa shape index (κ3) is 55.3. The molecule has 0 aliphatic carbocycles. The highest BCUT2D eigenvalue weighted by molar-refractivity contribution is 5.76. The van der Waals surface area contributed by atoms with Gasteiger partial charge in [-0.3, -0.25) is 9.59 Å². The van der Waals surface area contributed by atoms with Crippen LogP contribution >= 0.6 is 0 Å². The number of unbranched alkanes of at least 4 members (excludes halogenated alkanes) is 42. The molecule has 0 spiro atoms. The quantitative estimate of drug-likeness (QED) is 0.0195. The van der Waals surface area contributed by atoms with E-state index in [-0.39, 0.29) is 18.5 Å². The lowest BCUT2D eigenvalue weighted by Crippen LogP contribution is -2.60. The van der Waals surface area contributed by atoms with Gasteiger partial charge in [0.05, 0.1) is 32.0 Å². The lowest BCUT2D eigenvalue weighted by atomic mass is 9.99. The Morgan fingerprint density at radius 1 is 0.416 bits per heavy atom. The molecule has 0 aromatic carbocycles. The fraction of sp³-hybridized carbons (Fsp3) is 0.821. The molecule has 1 aliphatic heterocycles. The normalized spacial score (nSPS) is 18.1. The summed E-state index contributed by atoms with van der Waals surface area (Å²) in [7, 11) is 0. The number of hydrogen-bond acceptors (Lipinski definition) is 10. The van der Waals surface area contributed by atoms with Crippen molar-refractivity contribution < 1.29 is 49.3 Å². The first-order valence-electron chi connectivity index (χ1n) is 37.7. The average molecular weight is 1250 g/mol. The van der Waals surface area contributed by atoms with Crippen LogP contribution < -0.4 is 5.32 Å². The Kier molecular flexibility index (Phi) is 62.9. The zero-order valence-electron chi connectivity index (χ0n) is 57.6. The highest BCUT2D eigenvalue weighted by Gasteiger charge is 2.44. The predicted octanol–water partition coefficient (Wildman–Crippen LogP) is 19.9. The van der Waals surface area contributed by atoms with Crippen molar-refractivity contribution in [2.45, 2.75) is 391 Å². The Balaban J connectivity index is 1.90. The Hall–Kier alpha value is -2.90. The van der Waals surface area contributed by atoms with Crippen LogP contribution in [0.25, 0.3) is 0 Å². The van der Waals surface area contributed by atoms with Crippen molar-refractivity contribution in [2.75, 3.05) is 19.8 Å². The molecule has 6 N–H and O–H groups in total. The van der Waals surface area contributed by atoms with Gasteiger partial charge in [0.1, 0.15) is 24.4 Å². The van der Waals surface area contributed by atoms with Crippen molar-refractivity contribution in [3.05, 3.63) is 72.9 Å². The molecular weight excluding hydrogens is 1110 g/mol. The third-order valence-electron chi connectivity index (χ3n) is 17.5. The van der Waals surface area contributed by atoms with E-state index in [2.05, 4.69) is 79.9 Å². The van der Waals surface area contributed by atoms with Gasteiger partial charge in [0.25, 0.3) is 0 Å². The standard InChI is InChI=1S/C78H141NO10/c1-3-5-7-9-11-13-15-16-43-46-50-54-58-62-66-74(83)87-67-63-59-55-51-47-44-41-39-37-35-33-31-29-27-25-23-21-19-17-18-20-22-24-26-28-30-32-34-36-38-40-42-45-49-53-57-61-65-73(82)79-70(69-88-78-77(86)76(85)75(84)72(68-80)89-78)71(81)64-60-56-52-48-14-12-10-8-6-4-2/h9,11,14-17,19,23,25,48,60,64,70-72,75-78,80-81,84-86H,3-8,10,12-13,18,20-22,24,26-47,49-59,61-63,65-69H2,1-2H3,(H,79,82)/b11-9-,16-15-,19-17-,25-23-,48-14+,64-60+. The summed E-state index contributed by atoms with van der Waals surface area (Å²) in [5.74, 6) is -0.193. The van der Waals surface area contributed by atoms with Crippen LogP contribution in [-0.2, 0) is 23.8 Å². The molecule has 11 nitrogen and oxygen atoms in total. The van der Waals surface area contributed by atoms with Crippen LogP contribution in [0.1, 0.15) is 348 Å². The Morgan fingerprint density at radius 2 is 0.775 bits per heavy atom. The summed E-state index contributed by atoms with van der Waals surface area (Å²) in [6.07, 6.45) is 80.8. The van der Waals surface area contributed by atoms with Crippen molar-refractivity contribution in [3.63, 3.8) is 0 Å². The second-order valence-corrected chi connectivity index (χ2v) is 26.0. The molecule has 7 atom stereocenters. The van der Waals surface area contributed by atoms with Crippen LogP contribution in [0.2, 0.25) is 0 Å². The summed E-state index contributed by atoms with van der Waals surface area (Å²) in [6.45, 7) is 4.27. The van der Waals surface area contributed by atoms with Gasteiger partial charge in [-0.25, -0.2) is 0 Å². The van der Waals surface area contributed by atoms with Gasteiger partial charge in [-0.1, -0.05) is 305 Å². The first-order chi connectivity index (χ1) is 43.7. The lowest BCUT2D eigenvalue weighted by Gasteiger charge is -2.40. The largest absolute Gasteiger partial charge is 0.466 e. The highest BCUT2D eigenvalue weighted by Crippen LogP contribution is 2.23. The van der Waals surface area contributed by atoms with E-state index in [1.165, 1.54) is 250 Å². The molecule has 0 aromatic heterocycles. The van der Waals surface area contributed by atoms with Gasteiger partial charge in [-0.05, 0) is 103 Å². The van der Waals surface area contributed by atoms with Crippen molar-refractivity contribution in [3.8, 4) is 0 Å². The minimum absolute atomic E-state index is 0.00262. The summed E-state index contributed by atoms with van der Waals surface area (Å²) in [6, 6.07) is -0.826. The van der Waals surface area contributed by atoms with Crippen molar-refractivity contribution in [1.29, 1.82) is 0 Å². The van der Waals surface area contributed by atoms with Gasteiger partial charge in [0.2, 0.25) is 5.91 Å². The molecule has 11 heteroatoms. The summed E-state index contributed by atoms with van der Waals surface area (Å²) in [5.41, 5.74) is 0. The van der Waals surface area contributed by atoms with E-state index in [0.29, 0.717) is 19.4 Å². The van der Waals surface area contributed by atoms with Crippen LogP contribution in [0.5, 0.6) is 0 Å². The molecule has 1 amide bonds. The van der Waals surface area contributed by atoms with E-state index in [1.54, 1.807) is 6.08 Å². The lowest BCUT2D eigenvalue weighted by molar-refractivity contribution is -0.302. The van der Waals surface area contributed by atoms with E-state index in [0.717, 1.165) is 70.6 Å². The Bertz CT molecular complexity index is 1710. The van der Waals surface area contributed by atoms with Gasteiger partial charge in [0, 0.05) is 12.8 Å². The highest BCUT2D eigenvalue weighted by atomic mass is 16.7. The van der Waals surface area contributed by atoms with Crippen LogP contribution in [0.4, 0.5) is 0 Å². The van der Waals surface area contributed by atoms with Crippen LogP contribution in [0.15, 0.2) is 72.9 Å². The fourth-order valence-corrected chi connectivity index (χ4v) is 11.6. The number of rotatable bonds is 66. The smallest absolute Gasteiger partial charge is 0.305 e. The minimum Gasteiger partial charge on any atom is -0.466 e. The van der Waals surface area contributed by atoms with Crippen molar-refractivity contribution in [1.82, 2.24) is 5.32 Å². The molecule has 0 aromatic rings. The Morgan fingerprint density at radius 3 is 1.21 bits per heavy atom. The summed E-state index contributed by atoms with van der Waals surface area (Å²) in [4.78, 5) is 25.1. The number of carbonyl (C=O) groups is 2. The molecule has 7 unspecified atom stereocenters. The van der Waals surface area contributed by atoms with E-state index < -0.39 is 49.5 Å². The summed E-state index contributed by atoms with van der Waals surface area (Å²) >= 11 is 0. The van der Waals surface area contributed by atoms with Gasteiger partial charge in [0.15, 0.2) is 6.29 Å². The number of esters is 1. The van der Waals surface area contributed by atoms with Gasteiger partial charge >= 0.3 is 5.97 Å². The number of hydrogen-bond donors (Lipinski definition) is 6. The molecule has 0 bridgehead atoms. The molecule has 1 heterocycles. The molecule has 1 aliphatic rings. The van der Waals surface area contributed by atoms with E-state index in [1.807, 2.05) is 6.08 Å². The molecule has 1 rings (SSSR count). The number of aliphatic hydroxyl groups excluding tert-OH is 5. The van der Waals surface area contributed by atoms with Crippen molar-refractivity contribution in [2.24, 2.45) is 0 Å². The maximum Gasteiger partial charge on any atom is 0.305 e. The topological polar surface area (TPSA) is 175 Å². The molecule has 518 valence electrons. The minimum atomic E-state index is -1.58. The molecule has 1 saturated heterocycles. The SMILES string of the molecule is CCCC/C=C\C/C=C\CCCCCCCC(=O)OCCCCCCCCCCCCCCC/C=C\C/C=C\CCCCCCCCCCCCCCCCCCCC(=O)NC(COC1OC(CO)C(O)C(O)C1O)C(O)/C=C/CC/C=C/CCCCCC. The van der Waals surface area contributed by atoms with Gasteiger partial charge in [-0.2, -0.15) is 0 Å². The molecular formula is C78H141NO10. The number of allylic oxidation sites excluding steroid dienone is 11. The van der Waals surface area contributed by atoms with E-state index in [4.69, 9.17) is 14.2 Å². The third-order valence-corrected chi connectivity index (χ3v) is 17.5. The van der Waals surface area contributed by atoms with Crippen LogP contribution in [0.3, 0.4) is 0 Å².